The second-order valence-corrected chi connectivity index (χ2v) is 5.71. The molecular weight excluding hydrogens is 210 g/mol. The average molecular weight is 235 g/mol. The largest absolute Gasteiger partial charge is 0.309 e. The van der Waals surface area contributed by atoms with Gasteiger partial charge < -0.3 is 5.32 Å². The fourth-order valence-corrected chi connectivity index (χ4v) is 3.13. The van der Waals surface area contributed by atoms with Crippen molar-refractivity contribution < 1.29 is 0 Å². The van der Waals surface area contributed by atoms with Crippen LogP contribution in [-0.2, 0) is 13.6 Å². The lowest BCUT2D eigenvalue weighted by atomic mass is 9.78. The second kappa shape index (κ2) is 5.21. The lowest BCUT2D eigenvalue weighted by molar-refractivity contribution is 0.207. The summed E-state index contributed by atoms with van der Waals surface area (Å²) in [6.45, 7) is 7.80. The monoisotopic (exact) mass is 235 g/mol. The van der Waals surface area contributed by atoms with Crippen molar-refractivity contribution in [3.05, 3.63) is 17.5 Å². The lowest BCUT2D eigenvalue weighted by Gasteiger charge is -2.35. The minimum Gasteiger partial charge on any atom is -0.309 e. The van der Waals surface area contributed by atoms with E-state index in [4.69, 9.17) is 0 Å². The van der Waals surface area contributed by atoms with Crippen molar-refractivity contribution in [1.29, 1.82) is 0 Å². The summed E-state index contributed by atoms with van der Waals surface area (Å²) in [5.74, 6) is 1.60. The van der Waals surface area contributed by atoms with E-state index in [1.807, 2.05) is 11.7 Å². The summed E-state index contributed by atoms with van der Waals surface area (Å²) < 4.78 is 1.90. The van der Waals surface area contributed by atoms with E-state index in [0.717, 1.165) is 24.1 Å². The van der Waals surface area contributed by atoms with E-state index in [2.05, 4.69) is 37.4 Å². The quantitative estimate of drug-likeness (QED) is 0.873. The molecule has 3 heteroatoms. The Labute approximate surface area is 105 Å². The Morgan fingerprint density at radius 1 is 1.35 bits per heavy atom. The van der Waals surface area contributed by atoms with E-state index in [1.54, 1.807) is 0 Å². The molecule has 1 fully saturated rings. The maximum Gasteiger partial charge on any atom is 0.0638 e. The predicted octanol–water partition coefficient (Wildman–Crippen LogP) is 2.64. The van der Waals surface area contributed by atoms with Gasteiger partial charge in [-0.05, 0) is 31.6 Å². The van der Waals surface area contributed by atoms with Gasteiger partial charge in [-0.3, -0.25) is 4.68 Å². The van der Waals surface area contributed by atoms with E-state index < -0.39 is 0 Å². The van der Waals surface area contributed by atoms with Crippen molar-refractivity contribution in [3.8, 4) is 0 Å². The number of nitrogens with zero attached hydrogens (tertiary/aromatic N) is 2. The molecule has 1 N–H and O–H groups in total. The molecule has 2 unspecified atom stereocenters. The van der Waals surface area contributed by atoms with Crippen LogP contribution in [-0.4, -0.2) is 15.8 Å². The normalized spacial score (nSPS) is 29.5. The van der Waals surface area contributed by atoms with Gasteiger partial charge in [0, 0.05) is 31.4 Å². The molecule has 2 atom stereocenters. The molecule has 1 aromatic rings. The van der Waals surface area contributed by atoms with Gasteiger partial charge in [0.15, 0.2) is 0 Å². The molecule has 1 aliphatic rings. The van der Waals surface area contributed by atoms with Gasteiger partial charge in [-0.15, -0.1) is 0 Å². The molecule has 1 aliphatic carbocycles. The number of rotatable bonds is 3. The van der Waals surface area contributed by atoms with Crippen LogP contribution in [0.3, 0.4) is 0 Å². The molecular formula is C14H25N3. The molecule has 3 nitrogen and oxygen atoms in total. The summed E-state index contributed by atoms with van der Waals surface area (Å²) in [7, 11) is 1.99. The minimum atomic E-state index is 0.670. The zero-order valence-corrected chi connectivity index (χ0v) is 11.5. The highest BCUT2D eigenvalue weighted by atomic mass is 15.3. The molecule has 0 amide bonds. The van der Waals surface area contributed by atoms with Crippen molar-refractivity contribution in [2.24, 2.45) is 18.9 Å². The van der Waals surface area contributed by atoms with Crippen LogP contribution in [0.5, 0.6) is 0 Å². The highest BCUT2D eigenvalue weighted by Gasteiger charge is 2.27. The van der Waals surface area contributed by atoms with Crippen molar-refractivity contribution in [2.75, 3.05) is 0 Å². The highest BCUT2D eigenvalue weighted by Crippen LogP contribution is 2.29. The van der Waals surface area contributed by atoms with E-state index in [0.29, 0.717) is 6.04 Å². The SMILES string of the molecule is Cc1nn(C)cc1CNC1C(C)CCCC1C. The highest BCUT2D eigenvalue weighted by molar-refractivity contribution is 5.15. The van der Waals surface area contributed by atoms with Gasteiger partial charge in [0.25, 0.3) is 0 Å². The fourth-order valence-electron chi connectivity index (χ4n) is 3.13. The Morgan fingerprint density at radius 3 is 2.53 bits per heavy atom. The van der Waals surface area contributed by atoms with Crippen LogP contribution < -0.4 is 5.32 Å². The molecule has 1 aromatic heterocycles. The van der Waals surface area contributed by atoms with Crippen molar-refractivity contribution in [3.63, 3.8) is 0 Å². The minimum absolute atomic E-state index is 0.670. The standard InChI is InChI=1S/C14H25N3/c1-10-6-5-7-11(2)14(10)15-8-13-9-17(4)16-12(13)3/h9-11,14-15H,5-8H2,1-4H3. The molecule has 17 heavy (non-hydrogen) atoms. The van der Waals surface area contributed by atoms with Gasteiger partial charge in [-0.1, -0.05) is 20.3 Å². The van der Waals surface area contributed by atoms with Gasteiger partial charge in [-0.2, -0.15) is 5.10 Å². The third kappa shape index (κ3) is 2.89. The Hall–Kier alpha value is -0.830. The van der Waals surface area contributed by atoms with Crippen LogP contribution in [0.2, 0.25) is 0 Å². The van der Waals surface area contributed by atoms with Gasteiger partial charge in [-0.25, -0.2) is 0 Å². The first-order valence-corrected chi connectivity index (χ1v) is 6.80. The molecule has 1 saturated carbocycles. The summed E-state index contributed by atoms with van der Waals surface area (Å²) in [5, 5.41) is 8.13. The maximum absolute atomic E-state index is 4.39. The zero-order chi connectivity index (χ0) is 12.4. The molecule has 0 aromatic carbocycles. The predicted molar refractivity (Wildman–Crippen MR) is 70.8 cm³/mol. The lowest BCUT2D eigenvalue weighted by Crippen LogP contribution is -2.42. The number of hydrogen-bond donors (Lipinski definition) is 1. The zero-order valence-electron chi connectivity index (χ0n) is 11.5. The first-order chi connectivity index (χ1) is 8.08. The second-order valence-electron chi connectivity index (χ2n) is 5.71. The maximum atomic E-state index is 4.39. The van der Waals surface area contributed by atoms with Gasteiger partial charge in [0.2, 0.25) is 0 Å². The van der Waals surface area contributed by atoms with Gasteiger partial charge in [0.1, 0.15) is 0 Å². The summed E-state index contributed by atoms with van der Waals surface area (Å²) in [5.41, 5.74) is 2.48. The van der Waals surface area contributed by atoms with Crippen LogP contribution in [0.1, 0.15) is 44.4 Å². The Bertz CT molecular complexity index is 360. The molecule has 1 heterocycles. The van der Waals surface area contributed by atoms with Crippen molar-refractivity contribution in [2.45, 2.75) is 52.6 Å². The smallest absolute Gasteiger partial charge is 0.0638 e. The Morgan fingerprint density at radius 2 is 2.00 bits per heavy atom. The Kier molecular flexibility index (Phi) is 3.87. The molecule has 96 valence electrons. The molecule has 0 aliphatic heterocycles. The molecule has 0 radical (unpaired) electrons. The molecule has 2 rings (SSSR count). The summed E-state index contributed by atoms with van der Waals surface area (Å²) in [4.78, 5) is 0. The molecule has 0 bridgehead atoms. The van der Waals surface area contributed by atoms with E-state index >= 15 is 0 Å². The number of aryl methyl sites for hydroxylation is 2. The third-order valence-corrected chi connectivity index (χ3v) is 4.19. The van der Waals surface area contributed by atoms with Crippen molar-refractivity contribution in [1.82, 2.24) is 15.1 Å². The summed E-state index contributed by atoms with van der Waals surface area (Å²) in [6.07, 6.45) is 6.26. The van der Waals surface area contributed by atoms with Crippen LogP contribution in [0.25, 0.3) is 0 Å². The summed E-state index contributed by atoms with van der Waals surface area (Å²) in [6, 6.07) is 0.670. The van der Waals surface area contributed by atoms with E-state index in [1.165, 1.54) is 24.8 Å². The van der Waals surface area contributed by atoms with Crippen molar-refractivity contribution >= 4 is 0 Å². The number of hydrogen-bond acceptors (Lipinski definition) is 2. The molecule has 0 saturated heterocycles. The summed E-state index contributed by atoms with van der Waals surface area (Å²) >= 11 is 0. The fraction of sp³-hybridized carbons (Fsp3) is 0.786. The van der Waals surface area contributed by atoms with Gasteiger partial charge >= 0.3 is 0 Å². The number of aromatic nitrogens is 2. The average Bonchev–Trinajstić information content (AvgIpc) is 2.57. The van der Waals surface area contributed by atoms with Crippen LogP contribution in [0.15, 0.2) is 6.20 Å². The topological polar surface area (TPSA) is 29.9 Å². The van der Waals surface area contributed by atoms with E-state index in [-0.39, 0.29) is 0 Å². The van der Waals surface area contributed by atoms with Crippen LogP contribution in [0, 0.1) is 18.8 Å². The Balaban J connectivity index is 1.94. The van der Waals surface area contributed by atoms with Crippen LogP contribution >= 0.6 is 0 Å². The van der Waals surface area contributed by atoms with Gasteiger partial charge in [0.05, 0.1) is 5.69 Å². The number of nitrogens with one attached hydrogen (secondary N) is 1. The first-order valence-electron chi connectivity index (χ1n) is 6.80. The van der Waals surface area contributed by atoms with E-state index in [9.17, 15) is 0 Å². The van der Waals surface area contributed by atoms with Crippen LogP contribution in [0.4, 0.5) is 0 Å². The molecule has 0 spiro atoms. The third-order valence-electron chi connectivity index (χ3n) is 4.19. The first kappa shape index (κ1) is 12.6.